The van der Waals surface area contributed by atoms with Crippen LogP contribution in [0.1, 0.15) is 12.0 Å². The maximum atomic E-state index is 10.4. The zero-order chi connectivity index (χ0) is 10.6. The monoisotopic (exact) mass is 214 g/mol. The van der Waals surface area contributed by atoms with E-state index in [1.165, 1.54) is 10.9 Å². The molecule has 0 bridgehead atoms. The highest BCUT2D eigenvalue weighted by Gasteiger charge is 2.19. The molecule has 0 radical (unpaired) electrons. The molecule has 0 saturated carbocycles. The minimum absolute atomic E-state index is 0.0235. The maximum absolute atomic E-state index is 10.4. The van der Waals surface area contributed by atoms with Crippen LogP contribution < -0.4 is 0 Å². The van der Waals surface area contributed by atoms with Crippen molar-refractivity contribution in [2.24, 2.45) is 0 Å². The van der Waals surface area contributed by atoms with Crippen molar-refractivity contribution in [1.82, 2.24) is 9.78 Å². The number of aryl methyl sites for hydroxylation is 1. The number of alkyl halides is 1. The highest BCUT2D eigenvalue weighted by atomic mass is 35.5. The summed E-state index contributed by atoms with van der Waals surface area (Å²) in [5.41, 5.74) is -0.0235. The van der Waals surface area contributed by atoms with E-state index in [1.54, 1.807) is 6.07 Å². The van der Waals surface area contributed by atoms with Crippen LogP contribution in [0, 0.1) is 21.4 Å². The van der Waals surface area contributed by atoms with Crippen molar-refractivity contribution in [3.05, 3.63) is 21.9 Å². The summed E-state index contributed by atoms with van der Waals surface area (Å²) in [5, 5.41) is 22.6. The largest absolute Gasteiger partial charge is 0.407 e. The second-order valence-corrected chi connectivity index (χ2v) is 2.92. The number of hydrogen-bond donors (Lipinski definition) is 0. The number of aromatic nitrogens is 2. The smallest absolute Gasteiger partial charge is 0.358 e. The van der Waals surface area contributed by atoms with Crippen LogP contribution in [0.15, 0.2) is 6.20 Å². The minimum atomic E-state index is -0.671. The number of rotatable bonds is 4. The molecule has 0 atom stereocenters. The third-order valence-electron chi connectivity index (χ3n) is 1.56. The van der Waals surface area contributed by atoms with Crippen LogP contribution >= 0.6 is 11.6 Å². The van der Waals surface area contributed by atoms with E-state index >= 15 is 0 Å². The summed E-state index contributed by atoms with van der Waals surface area (Å²) < 4.78 is 1.36. The second kappa shape index (κ2) is 4.58. The van der Waals surface area contributed by atoms with Crippen LogP contribution in [0.4, 0.5) is 5.82 Å². The average molecular weight is 215 g/mol. The highest BCUT2D eigenvalue weighted by molar-refractivity contribution is 6.17. The zero-order valence-corrected chi connectivity index (χ0v) is 7.94. The lowest BCUT2D eigenvalue weighted by Crippen LogP contribution is -2.00. The van der Waals surface area contributed by atoms with Crippen LogP contribution in [0.5, 0.6) is 0 Å². The predicted octanol–water partition coefficient (Wildman–Crippen LogP) is 1.29. The van der Waals surface area contributed by atoms with Gasteiger partial charge in [0, 0.05) is 5.88 Å². The molecule has 1 heterocycles. The van der Waals surface area contributed by atoms with E-state index in [9.17, 15) is 10.1 Å². The molecule has 0 N–H and O–H groups in total. The topological polar surface area (TPSA) is 84.8 Å². The number of halogens is 1. The summed E-state index contributed by atoms with van der Waals surface area (Å²) in [7, 11) is 0. The van der Waals surface area contributed by atoms with E-state index in [0.29, 0.717) is 18.8 Å². The van der Waals surface area contributed by atoms with Gasteiger partial charge in [0.2, 0.25) is 0 Å². The molecule has 7 heteroatoms. The van der Waals surface area contributed by atoms with E-state index in [-0.39, 0.29) is 5.56 Å². The Morgan fingerprint density at radius 3 is 2.93 bits per heavy atom. The zero-order valence-electron chi connectivity index (χ0n) is 7.18. The number of nitrogens with zero attached hydrogens (tertiary/aromatic N) is 4. The molecular weight excluding hydrogens is 208 g/mol. The van der Waals surface area contributed by atoms with E-state index in [2.05, 4.69) is 5.10 Å². The van der Waals surface area contributed by atoms with Gasteiger partial charge in [0.25, 0.3) is 0 Å². The Morgan fingerprint density at radius 2 is 2.50 bits per heavy atom. The maximum Gasteiger partial charge on any atom is 0.407 e. The van der Waals surface area contributed by atoms with Gasteiger partial charge in [0.1, 0.15) is 6.07 Å². The predicted molar refractivity (Wildman–Crippen MR) is 48.9 cm³/mol. The van der Waals surface area contributed by atoms with Crippen LogP contribution in [-0.2, 0) is 6.54 Å². The van der Waals surface area contributed by atoms with Gasteiger partial charge >= 0.3 is 5.82 Å². The number of hydrogen-bond acceptors (Lipinski definition) is 4. The molecule has 14 heavy (non-hydrogen) atoms. The van der Waals surface area contributed by atoms with Crippen molar-refractivity contribution in [3.8, 4) is 6.07 Å². The van der Waals surface area contributed by atoms with Crippen molar-refractivity contribution >= 4 is 17.4 Å². The lowest BCUT2D eigenvalue weighted by molar-refractivity contribution is -0.390. The second-order valence-electron chi connectivity index (χ2n) is 2.54. The van der Waals surface area contributed by atoms with Gasteiger partial charge in [-0.1, -0.05) is 0 Å². The third kappa shape index (κ3) is 2.20. The molecular formula is C7H7ClN4O2. The van der Waals surface area contributed by atoms with Crippen molar-refractivity contribution in [2.75, 3.05) is 5.88 Å². The van der Waals surface area contributed by atoms with E-state index < -0.39 is 10.7 Å². The summed E-state index contributed by atoms with van der Waals surface area (Å²) in [6, 6.07) is 1.72. The minimum Gasteiger partial charge on any atom is -0.358 e. The molecule has 0 aliphatic heterocycles. The first-order valence-electron chi connectivity index (χ1n) is 3.87. The average Bonchev–Trinajstić information content (AvgIpc) is 2.57. The molecule has 0 aromatic carbocycles. The van der Waals surface area contributed by atoms with Crippen molar-refractivity contribution in [1.29, 1.82) is 5.26 Å². The molecule has 0 unspecified atom stereocenters. The first-order valence-corrected chi connectivity index (χ1v) is 4.40. The Kier molecular flexibility index (Phi) is 3.42. The van der Waals surface area contributed by atoms with Gasteiger partial charge in [0.05, 0.1) is 17.8 Å². The Hall–Kier alpha value is -1.61. The summed E-state index contributed by atoms with van der Waals surface area (Å²) in [4.78, 5) is 9.75. The molecule has 0 amide bonds. The highest BCUT2D eigenvalue weighted by Crippen LogP contribution is 2.14. The summed E-state index contributed by atoms with van der Waals surface area (Å²) in [6.07, 6.45) is 2.01. The van der Waals surface area contributed by atoms with Crippen LogP contribution in [0.25, 0.3) is 0 Å². The van der Waals surface area contributed by atoms with Gasteiger partial charge in [-0.05, 0) is 11.3 Å². The lowest BCUT2D eigenvalue weighted by Gasteiger charge is -1.90. The third-order valence-corrected chi connectivity index (χ3v) is 1.82. The Balaban J connectivity index is 2.91. The standard InChI is InChI=1S/C7H7ClN4O2/c8-2-1-3-11-5-6(4-9)7(10-11)12(13)14/h5H,1-3H2. The Bertz CT molecular complexity index is 382. The SMILES string of the molecule is N#Cc1cn(CCCCl)nc1[N+](=O)[O-]. The molecule has 1 aromatic rings. The van der Waals surface area contributed by atoms with Crippen LogP contribution in [0.2, 0.25) is 0 Å². The first-order chi connectivity index (χ1) is 6.69. The van der Waals surface area contributed by atoms with E-state index in [1.807, 2.05) is 0 Å². The van der Waals surface area contributed by atoms with Crippen molar-refractivity contribution in [2.45, 2.75) is 13.0 Å². The molecule has 1 rings (SSSR count). The normalized spacial score (nSPS) is 9.71. The molecule has 0 aliphatic rings. The summed E-state index contributed by atoms with van der Waals surface area (Å²) in [6.45, 7) is 0.478. The summed E-state index contributed by atoms with van der Waals surface area (Å²) in [5.74, 6) is 0.0531. The molecule has 6 nitrogen and oxygen atoms in total. The first kappa shape index (κ1) is 10.5. The Morgan fingerprint density at radius 1 is 1.79 bits per heavy atom. The van der Waals surface area contributed by atoms with Crippen LogP contribution in [-0.4, -0.2) is 20.6 Å². The van der Waals surface area contributed by atoms with Gasteiger partial charge < -0.3 is 10.1 Å². The quantitative estimate of drug-likeness (QED) is 0.429. The molecule has 1 aromatic heterocycles. The van der Waals surface area contributed by atoms with Gasteiger partial charge in [-0.2, -0.15) is 9.94 Å². The van der Waals surface area contributed by atoms with Crippen LogP contribution in [0.3, 0.4) is 0 Å². The van der Waals surface area contributed by atoms with Gasteiger partial charge in [0.15, 0.2) is 5.56 Å². The fourth-order valence-corrected chi connectivity index (χ4v) is 1.08. The van der Waals surface area contributed by atoms with E-state index in [4.69, 9.17) is 16.9 Å². The molecule has 0 spiro atoms. The molecule has 0 saturated heterocycles. The lowest BCUT2D eigenvalue weighted by atomic mass is 10.4. The summed E-state index contributed by atoms with van der Waals surface area (Å²) >= 11 is 5.45. The van der Waals surface area contributed by atoms with Crippen molar-refractivity contribution < 1.29 is 4.92 Å². The van der Waals surface area contributed by atoms with Gasteiger partial charge in [-0.25, -0.2) is 0 Å². The van der Waals surface area contributed by atoms with Gasteiger partial charge in [-0.3, -0.25) is 0 Å². The molecule has 0 fully saturated rings. The van der Waals surface area contributed by atoms with E-state index in [0.717, 1.165) is 0 Å². The fourth-order valence-electron chi connectivity index (χ4n) is 0.961. The Labute approximate surface area is 84.8 Å². The van der Waals surface area contributed by atoms with Crippen molar-refractivity contribution in [3.63, 3.8) is 0 Å². The fraction of sp³-hybridized carbons (Fsp3) is 0.429. The number of nitro groups is 1. The molecule has 0 aliphatic carbocycles. The molecule has 74 valence electrons. The number of nitriles is 1. The van der Waals surface area contributed by atoms with Gasteiger partial charge in [-0.15, -0.1) is 11.6 Å².